The lowest BCUT2D eigenvalue weighted by molar-refractivity contribution is -0.137. The van der Waals surface area contributed by atoms with Crippen molar-refractivity contribution in [1.82, 2.24) is 9.55 Å². The number of urea groups is 1. The van der Waals surface area contributed by atoms with E-state index < -0.39 is 28.9 Å². The predicted octanol–water partition coefficient (Wildman–Crippen LogP) is 6.54. The minimum atomic E-state index is -4.65. The fourth-order valence-corrected chi connectivity index (χ4v) is 3.71. The first-order valence-electron chi connectivity index (χ1n) is 11.1. The van der Waals surface area contributed by atoms with Crippen LogP contribution in [0.15, 0.2) is 67.0 Å². The Bertz CT molecular complexity index is 1460. The summed E-state index contributed by atoms with van der Waals surface area (Å²) >= 11 is 5.61. The third kappa shape index (κ3) is 6.52. The maximum Gasteiger partial charge on any atom is 0.417 e. The summed E-state index contributed by atoms with van der Waals surface area (Å²) < 4.78 is 50.8. The summed E-state index contributed by atoms with van der Waals surface area (Å²) in [6, 6.07) is 14.3. The summed E-state index contributed by atoms with van der Waals surface area (Å²) in [5, 5.41) is 7.09. The molecule has 0 aliphatic rings. The van der Waals surface area contributed by atoms with Gasteiger partial charge in [-0.1, -0.05) is 11.6 Å². The van der Waals surface area contributed by atoms with Crippen molar-refractivity contribution >= 4 is 51.8 Å². The number of rotatable bonds is 7. The zero-order valence-electron chi connectivity index (χ0n) is 19.8. The second kappa shape index (κ2) is 11.4. The van der Waals surface area contributed by atoms with Crippen LogP contribution in [-0.2, 0) is 15.7 Å². The fraction of sp³-hybridized carbons (Fsp3) is 0.160. The molecule has 1 aromatic heterocycles. The van der Waals surface area contributed by atoms with E-state index in [2.05, 4.69) is 20.9 Å². The third-order valence-electron chi connectivity index (χ3n) is 5.25. The Morgan fingerprint density at radius 2 is 1.58 bits per heavy atom. The van der Waals surface area contributed by atoms with Crippen LogP contribution in [0.3, 0.4) is 0 Å². The van der Waals surface area contributed by atoms with Crippen LogP contribution < -0.4 is 16.0 Å². The number of hydrogen-bond acceptors (Lipinski definition) is 5. The maximum absolute atomic E-state index is 13.0. The molecule has 1 heterocycles. The van der Waals surface area contributed by atoms with E-state index in [1.165, 1.54) is 13.2 Å². The number of anilines is 3. The van der Waals surface area contributed by atoms with Gasteiger partial charge in [0.05, 0.1) is 28.2 Å². The zero-order chi connectivity index (χ0) is 27.3. The van der Waals surface area contributed by atoms with Gasteiger partial charge in [-0.05, 0) is 60.7 Å². The van der Waals surface area contributed by atoms with Gasteiger partial charge in [0.2, 0.25) is 0 Å². The van der Waals surface area contributed by atoms with Gasteiger partial charge in [0.25, 0.3) is 0 Å². The van der Waals surface area contributed by atoms with E-state index in [4.69, 9.17) is 21.1 Å². The average Bonchev–Trinajstić information content (AvgIpc) is 3.28. The monoisotopic (exact) mass is 547 g/mol. The topological polar surface area (TPSA) is 107 Å². The van der Waals surface area contributed by atoms with Crippen molar-refractivity contribution < 1.29 is 32.2 Å². The summed E-state index contributed by atoms with van der Waals surface area (Å²) in [6.07, 6.45) is -3.64. The highest BCUT2D eigenvalue weighted by Gasteiger charge is 2.33. The van der Waals surface area contributed by atoms with Gasteiger partial charge in [0.1, 0.15) is 12.9 Å². The molecule has 0 spiro atoms. The molecule has 0 fully saturated rings. The molecule has 13 heteroatoms. The first kappa shape index (κ1) is 26.8. The second-order valence-electron chi connectivity index (χ2n) is 7.89. The van der Waals surface area contributed by atoms with Crippen molar-refractivity contribution in [1.29, 1.82) is 0 Å². The predicted molar refractivity (Wildman–Crippen MR) is 137 cm³/mol. The number of carbonyl (C=O) groups is 2. The molecular weight excluding hydrogens is 527 g/mol. The lowest BCUT2D eigenvalue weighted by Crippen LogP contribution is -2.20. The lowest BCUT2D eigenvalue weighted by atomic mass is 10.2. The lowest BCUT2D eigenvalue weighted by Gasteiger charge is -2.12. The molecule has 0 saturated carbocycles. The molecular formula is C25H21ClF3N5O4. The smallest absolute Gasteiger partial charge is 0.417 e. The molecule has 4 aromatic rings. The number of fused-ring (bicyclic) bond motifs is 1. The normalized spacial score (nSPS) is 11.3. The number of alkyl halides is 3. The SMILES string of the molecule is COCCOC(=O)Nc1ccc2c(c1)ncn2-c1ccc(NC(=O)Nc2ccc(Cl)c(C(F)(F)F)c2)cc1. The second-order valence-corrected chi connectivity index (χ2v) is 8.30. The van der Waals surface area contributed by atoms with E-state index in [9.17, 15) is 22.8 Å². The van der Waals surface area contributed by atoms with E-state index >= 15 is 0 Å². The van der Waals surface area contributed by atoms with Crippen LogP contribution in [0.5, 0.6) is 0 Å². The number of halogens is 4. The molecule has 0 aliphatic carbocycles. The number of ether oxygens (including phenoxy) is 2. The van der Waals surface area contributed by atoms with Crippen molar-refractivity contribution in [2.45, 2.75) is 6.18 Å². The van der Waals surface area contributed by atoms with Gasteiger partial charge in [-0.3, -0.25) is 9.88 Å². The number of hydrogen-bond donors (Lipinski definition) is 3. The van der Waals surface area contributed by atoms with Crippen LogP contribution in [-0.4, -0.2) is 42.0 Å². The Morgan fingerprint density at radius 1 is 0.921 bits per heavy atom. The number of benzene rings is 3. The molecule has 38 heavy (non-hydrogen) atoms. The van der Waals surface area contributed by atoms with Crippen LogP contribution in [0.1, 0.15) is 5.56 Å². The van der Waals surface area contributed by atoms with E-state index in [1.807, 2.05) is 4.57 Å². The van der Waals surface area contributed by atoms with Gasteiger partial charge in [-0.25, -0.2) is 14.6 Å². The van der Waals surface area contributed by atoms with Crippen LogP contribution in [0.25, 0.3) is 16.7 Å². The molecule has 0 bridgehead atoms. The number of imidazole rings is 1. The highest BCUT2D eigenvalue weighted by Crippen LogP contribution is 2.36. The molecule has 4 rings (SSSR count). The molecule has 3 amide bonds. The van der Waals surface area contributed by atoms with Gasteiger partial charge in [-0.15, -0.1) is 0 Å². The minimum absolute atomic E-state index is 0.0576. The maximum atomic E-state index is 13.0. The molecule has 0 unspecified atom stereocenters. The quantitative estimate of drug-likeness (QED) is 0.228. The molecule has 3 N–H and O–H groups in total. The summed E-state index contributed by atoms with van der Waals surface area (Å²) in [7, 11) is 1.51. The van der Waals surface area contributed by atoms with E-state index in [0.29, 0.717) is 23.5 Å². The molecule has 0 saturated heterocycles. The third-order valence-corrected chi connectivity index (χ3v) is 5.58. The number of nitrogens with one attached hydrogen (secondary N) is 3. The highest BCUT2D eigenvalue weighted by atomic mass is 35.5. The van der Waals surface area contributed by atoms with Crippen LogP contribution >= 0.6 is 11.6 Å². The number of carbonyl (C=O) groups excluding carboxylic acids is 2. The number of aromatic nitrogens is 2. The van der Waals surface area contributed by atoms with Crippen molar-refractivity contribution in [2.24, 2.45) is 0 Å². The summed E-state index contributed by atoms with van der Waals surface area (Å²) in [6.45, 7) is 0.423. The number of nitrogens with zero attached hydrogens (tertiary/aromatic N) is 2. The summed E-state index contributed by atoms with van der Waals surface area (Å²) in [4.78, 5) is 28.5. The fourth-order valence-electron chi connectivity index (χ4n) is 3.49. The van der Waals surface area contributed by atoms with Gasteiger partial charge in [0, 0.05) is 29.9 Å². The number of methoxy groups -OCH3 is 1. The minimum Gasteiger partial charge on any atom is -0.447 e. The van der Waals surface area contributed by atoms with Crippen LogP contribution in [0, 0.1) is 0 Å². The van der Waals surface area contributed by atoms with Crippen molar-refractivity contribution in [2.75, 3.05) is 36.3 Å². The Kier molecular flexibility index (Phi) is 8.03. The molecule has 0 aliphatic heterocycles. The van der Waals surface area contributed by atoms with Crippen LogP contribution in [0.2, 0.25) is 5.02 Å². The Hall–Kier alpha value is -4.29. The Morgan fingerprint density at radius 3 is 2.29 bits per heavy atom. The Labute approximate surface area is 219 Å². The summed E-state index contributed by atoms with van der Waals surface area (Å²) in [5.74, 6) is 0. The average molecular weight is 548 g/mol. The van der Waals surface area contributed by atoms with Gasteiger partial charge >= 0.3 is 18.3 Å². The van der Waals surface area contributed by atoms with E-state index in [0.717, 1.165) is 23.3 Å². The molecule has 0 atom stereocenters. The first-order valence-corrected chi connectivity index (χ1v) is 11.5. The van der Waals surface area contributed by atoms with E-state index in [-0.39, 0.29) is 12.3 Å². The molecule has 9 nitrogen and oxygen atoms in total. The number of amides is 3. The van der Waals surface area contributed by atoms with Gasteiger partial charge < -0.3 is 20.1 Å². The van der Waals surface area contributed by atoms with Gasteiger partial charge in [-0.2, -0.15) is 13.2 Å². The molecule has 0 radical (unpaired) electrons. The van der Waals surface area contributed by atoms with Gasteiger partial charge in [0.15, 0.2) is 0 Å². The summed E-state index contributed by atoms with van der Waals surface area (Å²) in [5.41, 5.74) is 1.97. The van der Waals surface area contributed by atoms with Crippen molar-refractivity contribution in [3.8, 4) is 5.69 Å². The van der Waals surface area contributed by atoms with Crippen LogP contribution in [0.4, 0.5) is 39.8 Å². The Balaban J connectivity index is 1.40. The highest BCUT2D eigenvalue weighted by molar-refractivity contribution is 6.31. The molecule has 198 valence electrons. The molecule has 3 aromatic carbocycles. The van der Waals surface area contributed by atoms with Crippen molar-refractivity contribution in [3.05, 3.63) is 77.6 Å². The van der Waals surface area contributed by atoms with E-state index in [1.54, 1.807) is 48.8 Å². The standard InChI is InChI=1S/C25H21ClF3N5O4/c1-37-10-11-38-24(36)33-17-5-9-22-21(13-17)30-14-34(22)18-6-2-15(3-7-18)31-23(35)32-16-4-8-20(26)19(12-16)25(27,28)29/h2-9,12-14H,10-11H2,1H3,(H,33,36)(H2,31,32,35). The first-order chi connectivity index (χ1) is 18.1. The zero-order valence-corrected chi connectivity index (χ0v) is 20.6. The largest absolute Gasteiger partial charge is 0.447 e. The van der Waals surface area contributed by atoms with Crippen molar-refractivity contribution in [3.63, 3.8) is 0 Å².